The number of rotatable bonds is 7. The molecule has 0 aromatic heterocycles. The van der Waals surface area contributed by atoms with Crippen molar-refractivity contribution < 1.29 is 4.74 Å². The molecule has 0 spiro atoms. The predicted molar refractivity (Wildman–Crippen MR) is 60.5 cm³/mol. The zero-order valence-electron chi connectivity index (χ0n) is 8.05. The molecular formula is C8H18BrNOS. The van der Waals surface area contributed by atoms with Gasteiger partial charge in [0.2, 0.25) is 0 Å². The third kappa shape index (κ3) is 7.40. The summed E-state index contributed by atoms with van der Waals surface area (Å²) in [6, 6.07) is 0. The number of ether oxygens (including phenoxy) is 1. The molecule has 0 saturated heterocycles. The van der Waals surface area contributed by atoms with Gasteiger partial charge in [-0.25, -0.2) is 0 Å². The second kappa shape index (κ2) is 8.35. The van der Waals surface area contributed by atoms with Crippen molar-refractivity contribution in [1.82, 2.24) is 4.90 Å². The zero-order valence-corrected chi connectivity index (χ0v) is 10.4. The summed E-state index contributed by atoms with van der Waals surface area (Å²) in [6.07, 6.45) is 2.13. The summed E-state index contributed by atoms with van der Waals surface area (Å²) in [4.78, 5) is 2.77. The molecule has 0 aromatic rings. The second-order valence-corrected chi connectivity index (χ2v) is 5.09. The largest absolute Gasteiger partial charge is 0.383 e. The minimum atomic E-state index is 0.453. The summed E-state index contributed by atoms with van der Waals surface area (Å²) >= 11 is 5.44. The Balaban J connectivity index is 3.33. The summed E-state index contributed by atoms with van der Waals surface area (Å²) in [5.41, 5.74) is 0. The fourth-order valence-corrected chi connectivity index (χ4v) is 2.16. The van der Waals surface area contributed by atoms with Gasteiger partial charge in [0.1, 0.15) is 0 Å². The van der Waals surface area contributed by atoms with Crippen LogP contribution in [-0.4, -0.2) is 55.6 Å². The fraction of sp³-hybridized carbons (Fsp3) is 1.00. The molecule has 74 valence electrons. The van der Waals surface area contributed by atoms with E-state index in [0.29, 0.717) is 4.83 Å². The number of nitrogens with zero attached hydrogens (tertiary/aromatic N) is 1. The number of methoxy groups -OCH3 is 1. The minimum absolute atomic E-state index is 0.453. The first-order valence-electron chi connectivity index (χ1n) is 4.01. The van der Waals surface area contributed by atoms with Crippen LogP contribution in [0.25, 0.3) is 0 Å². The summed E-state index contributed by atoms with van der Waals surface area (Å²) in [5.74, 6) is 1.20. The quantitative estimate of drug-likeness (QED) is 0.643. The van der Waals surface area contributed by atoms with Crippen molar-refractivity contribution >= 4 is 27.7 Å². The molecule has 2 nitrogen and oxygen atoms in total. The lowest BCUT2D eigenvalue weighted by Crippen LogP contribution is -2.30. The van der Waals surface area contributed by atoms with Crippen molar-refractivity contribution in [1.29, 1.82) is 0 Å². The van der Waals surface area contributed by atoms with Gasteiger partial charge in [0.05, 0.1) is 11.4 Å². The standard InChI is InChI=1S/C8H18BrNOS/c1-10(4-5-12-3)6-8(9)7-11-2/h8H,4-7H2,1-3H3. The van der Waals surface area contributed by atoms with Crippen LogP contribution >= 0.6 is 27.7 Å². The Kier molecular flexibility index (Phi) is 8.87. The molecular weight excluding hydrogens is 238 g/mol. The molecule has 0 heterocycles. The molecule has 0 amide bonds. The average molecular weight is 256 g/mol. The predicted octanol–water partition coefficient (Wildman–Crippen LogP) is 1.69. The maximum Gasteiger partial charge on any atom is 0.0600 e. The monoisotopic (exact) mass is 255 g/mol. The molecule has 0 saturated carbocycles. The van der Waals surface area contributed by atoms with E-state index < -0.39 is 0 Å². The number of hydrogen-bond acceptors (Lipinski definition) is 3. The van der Waals surface area contributed by atoms with Gasteiger partial charge in [0, 0.05) is 26.0 Å². The smallest absolute Gasteiger partial charge is 0.0600 e. The topological polar surface area (TPSA) is 12.5 Å². The van der Waals surface area contributed by atoms with Crippen LogP contribution in [0.5, 0.6) is 0 Å². The minimum Gasteiger partial charge on any atom is -0.383 e. The lowest BCUT2D eigenvalue weighted by molar-refractivity contribution is 0.187. The van der Waals surface area contributed by atoms with Gasteiger partial charge in [-0.2, -0.15) is 11.8 Å². The van der Waals surface area contributed by atoms with E-state index in [1.165, 1.54) is 5.75 Å². The Morgan fingerprint density at radius 2 is 2.25 bits per heavy atom. The SMILES string of the molecule is COCC(Br)CN(C)CCSC. The molecule has 1 atom stereocenters. The maximum absolute atomic E-state index is 5.03. The molecule has 0 radical (unpaired) electrons. The molecule has 0 rings (SSSR count). The van der Waals surface area contributed by atoms with Crippen molar-refractivity contribution in [3.05, 3.63) is 0 Å². The van der Waals surface area contributed by atoms with Crippen LogP contribution in [0.3, 0.4) is 0 Å². The summed E-state index contributed by atoms with van der Waals surface area (Å²) in [6.45, 7) is 2.98. The molecule has 0 aliphatic heterocycles. The first kappa shape index (κ1) is 12.8. The van der Waals surface area contributed by atoms with E-state index in [0.717, 1.165) is 19.7 Å². The third-order valence-electron chi connectivity index (χ3n) is 1.53. The summed E-state index contributed by atoms with van der Waals surface area (Å²) < 4.78 is 5.03. The highest BCUT2D eigenvalue weighted by Gasteiger charge is 2.06. The van der Waals surface area contributed by atoms with Crippen molar-refractivity contribution in [2.24, 2.45) is 0 Å². The number of alkyl halides is 1. The molecule has 0 aromatic carbocycles. The summed E-state index contributed by atoms with van der Waals surface area (Å²) in [7, 11) is 3.87. The van der Waals surface area contributed by atoms with E-state index in [1.54, 1.807) is 7.11 Å². The van der Waals surface area contributed by atoms with Gasteiger partial charge >= 0.3 is 0 Å². The van der Waals surface area contributed by atoms with Crippen molar-refractivity contribution in [3.63, 3.8) is 0 Å². The normalized spacial score (nSPS) is 13.8. The Labute approximate surface area is 88.2 Å². The highest BCUT2D eigenvalue weighted by molar-refractivity contribution is 9.09. The van der Waals surface area contributed by atoms with Crippen LogP contribution in [-0.2, 0) is 4.74 Å². The van der Waals surface area contributed by atoms with Gasteiger partial charge in [-0.15, -0.1) is 0 Å². The molecule has 4 heteroatoms. The van der Waals surface area contributed by atoms with Crippen LogP contribution in [0.2, 0.25) is 0 Å². The number of halogens is 1. The van der Waals surface area contributed by atoms with Crippen molar-refractivity contribution in [3.8, 4) is 0 Å². The Bertz CT molecular complexity index is 105. The first-order chi connectivity index (χ1) is 5.70. The van der Waals surface area contributed by atoms with Crippen LogP contribution in [0.1, 0.15) is 0 Å². The van der Waals surface area contributed by atoms with Gasteiger partial charge in [-0.1, -0.05) is 15.9 Å². The van der Waals surface area contributed by atoms with Gasteiger partial charge in [-0.3, -0.25) is 0 Å². The third-order valence-corrected chi connectivity index (χ3v) is 2.68. The van der Waals surface area contributed by atoms with Gasteiger partial charge in [0.25, 0.3) is 0 Å². The number of thioether (sulfide) groups is 1. The van der Waals surface area contributed by atoms with Gasteiger partial charge in [0.15, 0.2) is 0 Å². The Hall–Kier alpha value is 0.750. The fourth-order valence-electron chi connectivity index (χ4n) is 0.910. The van der Waals surface area contributed by atoms with Crippen LogP contribution in [0, 0.1) is 0 Å². The van der Waals surface area contributed by atoms with E-state index in [4.69, 9.17) is 4.74 Å². The van der Waals surface area contributed by atoms with E-state index >= 15 is 0 Å². The van der Waals surface area contributed by atoms with Gasteiger partial charge in [-0.05, 0) is 13.3 Å². The van der Waals surface area contributed by atoms with Crippen molar-refractivity contribution in [2.75, 3.05) is 45.9 Å². The Morgan fingerprint density at radius 3 is 2.75 bits per heavy atom. The zero-order chi connectivity index (χ0) is 9.40. The van der Waals surface area contributed by atoms with Crippen LogP contribution in [0.15, 0.2) is 0 Å². The lowest BCUT2D eigenvalue weighted by atomic mass is 10.4. The molecule has 0 fully saturated rings. The Morgan fingerprint density at radius 1 is 1.58 bits per heavy atom. The molecule has 0 aliphatic rings. The first-order valence-corrected chi connectivity index (χ1v) is 6.32. The van der Waals surface area contributed by atoms with E-state index in [9.17, 15) is 0 Å². The lowest BCUT2D eigenvalue weighted by Gasteiger charge is -2.19. The molecule has 1 unspecified atom stereocenters. The van der Waals surface area contributed by atoms with Crippen LogP contribution < -0.4 is 0 Å². The highest BCUT2D eigenvalue weighted by atomic mass is 79.9. The molecule has 12 heavy (non-hydrogen) atoms. The molecule has 0 bridgehead atoms. The van der Waals surface area contributed by atoms with E-state index in [2.05, 4.69) is 34.1 Å². The van der Waals surface area contributed by atoms with E-state index in [-0.39, 0.29) is 0 Å². The maximum atomic E-state index is 5.03. The highest BCUT2D eigenvalue weighted by Crippen LogP contribution is 2.02. The van der Waals surface area contributed by atoms with E-state index in [1.807, 2.05) is 11.8 Å². The average Bonchev–Trinajstić information content (AvgIpc) is 2.01. The molecule has 0 aliphatic carbocycles. The van der Waals surface area contributed by atoms with Crippen molar-refractivity contribution in [2.45, 2.75) is 4.83 Å². The van der Waals surface area contributed by atoms with Gasteiger partial charge < -0.3 is 9.64 Å². The summed E-state index contributed by atoms with van der Waals surface area (Å²) in [5, 5.41) is 0. The number of hydrogen-bond donors (Lipinski definition) is 0. The second-order valence-electron chi connectivity index (χ2n) is 2.81. The van der Waals surface area contributed by atoms with Crippen LogP contribution in [0.4, 0.5) is 0 Å². The molecule has 0 N–H and O–H groups in total.